The second kappa shape index (κ2) is 9.74. The summed E-state index contributed by atoms with van der Waals surface area (Å²) in [6, 6.07) is 9.64. The normalized spacial score (nSPS) is 12.7. The Morgan fingerprint density at radius 1 is 1.24 bits per heavy atom. The van der Waals surface area contributed by atoms with Crippen molar-refractivity contribution in [1.82, 2.24) is 9.88 Å². The molecule has 0 amide bonds. The van der Waals surface area contributed by atoms with Gasteiger partial charge in [-0.05, 0) is 35.9 Å². The quantitative estimate of drug-likeness (QED) is 0.400. The molecule has 7 nitrogen and oxygen atoms in total. The molecular formula is C24H24ClFN4O3. The minimum atomic E-state index is -0.659. The number of nitrogens with one attached hydrogen (secondary N) is 2. The third kappa shape index (κ3) is 4.93. The van der Waals surface area contributed by atoms with Gasteiger partial charge >= 0.3 is 0 Å². The number of rotatable bonds is 7. The number of ketones is 1. The van der Waals surface area contributed by atoms with Gasteiger partial charge in [-0.25, -0.2) is 9.37 Å². The number of aromatic hydroxyl groups is 1. The zero-order valence-electron chi connectivity index (χ0n) is 18.0. The Hall–Kier alpha value is -3.20. The Bertz CT molecular complexity index is 1200. The smallest absolute Gasteiger partial charge is 0.173 e. The zero-order chi connectivity index (χ0) is 23.5. The van der Waals surface area contributed by atoms with Gasteiger partial charge in [-0.15, -0.1) is 0 Å². The predicted octanol–water partition coefficient (Wildman–Crippen LogP) is 4.62. The topological polar surface area (TPSA) is 97.7 Å². The van der Waals surface area contributed by atoms with E-state index in [1.54, 1.807) is 6.07 Å². The van der Waals surface area contributed by atoms with Crippen LogP contribution in [0, 0.1) is 5.82 Å². The average molecular weight is 471 g/mol. The molecule has 1 aliphatic rings. The third-order valence-electron chi connectivity index (χ3n) is 5.58. The molecule has 0 unspecified atom stereocenters. The molecule has 2 heterocycles. The highest BCUT2D eigenvalue weighted by molar-refractivity contribution is 6.32. The summed E-state index contributed by atoms with van der Waals surface area (Å²) in [4.78, 5) is 19.7. The van der Waals surface area contributed by atoms with E-state index in [1.807, 2.05) is 25.1 Å². The van der Waals surface area contributed by atoms with Crippen LogP contribution in [0.3, 0.4) is 0 Å². The summed E-state index contributed by atoms with van der Waals surface area (Å²) >= 11 is 5.76. The van der Waals surface area contributed by atoms with Gasteiger partial charge < -0.3 is 20.8 Å². The van der Waals surface area contributed by atoms with Gasteiger partial charge in [-0.2, -0.15) is 0 Å². The number of aliphatic hydroxyl groups is 1. The average Bonchev–Trinajstić information content (AvgIpc) is 2.93. The Labute approximate surface area is 195 Å². The number of pyridine rings is 1. The highest BCUT2D eigenvalue weighted by atomic mass is 35.5. The molecule has 0 spiro atoms. The zero-order valence-corrected chi connectivity index (χ0v) is 18.8. The van der Waals surface area contributed by atoms with Crippen molar-refractivity contribution in [3.8, 4) is 5.75 Å². The molecule has 172 valence electrons. The minimum Gasteiger partial charge on any atom is -0.506 e. The van der Waals surface area contributed by atoms with E-state index >= 15 is 0 Å². The second-order valence-electron chi connectivity index (χ2n) is 7.80. The van der Waals surface area contributed by atoms with Crippen molar-refractivity contribution in [2.45, 2.75) is 19.9 Å². The Morgan fingerprint density at radius 3 is 2.82 bits per heavy atom. The molecule has 0 fully saturated rings. The second-order valence-corrected chi connectivity index (χ2v) is 8.21. The summed E-state index contributed by atoms with van der Waals surface area (Å²) < 4.78 is 14.4. The van der Waals surface area contributed by atoms with Gasteiger partial charge in [0, 0.05) is 37.5 Å². The standard InChI is InChI=1S/C24H24ClFN4O3/c1-2-30(7-8-31)13-14-3-4-18-15(9-14)10-22(33)23-19(5-6-27-24(23)29-18)28-20-12-21(32)16(25)11-17(20)26/h3-6,9,11-12,31-32H,2,7-8,10,13H2,1H3,(H2,27,28,29). The van der Waals surface area contributed by atoms with E-state index in [0.717, 1.165) is 29.4 Å². The van der Waals surface area contributed by atoms with E-state index in [0.29, 0.717) is 30.2 Å². The lowest BCUT2D eigenvalue weighted by molar-refractivity contribution is 0.0995. The van der Waals surface area contributed by atoms with Crippen LogP contribution < -0.4 is 10.6 Å². The lowest BCUT2D eigenvalue weighted by Gasteiger charge is -2.20. The first-order valence-corrected chi connectivity index (χ1v) is 11.0. The fourth-order valence-corrected chi connectivity index (χ4v) is 4.02. The number of hydrogen-bond donors (Lipinski definition) is 4. The Balaban J connectivity index is 1.64. The van der Waals surface area contributed by atoms with Crippen LogP contribution in [0.15, 0.2) is 42.6 Å². The van der Waals surface area contributed by atoms with Crippen molar-refractivity contribution in [3.63, 3.8) is 0 Å². The first-order chi connectivity index (χ1) is 15.9. The predicted molar refractivity (Wildman–Crippen MR) is 126 cm³/mol. The SMILES string of the molecule is CCN(CCO)Cc1ccc2c(c1)CC(=O)c1c(Nc3cc(O)c(Cl)cc3F)ccnc1N2. The van der Waals surface area contributed by atoms with E-state index in [9.17, 15) is 19.4 Å². The van der Waals surface area contributed by atoms with E-state index in [4.69, 9.17) is 11.6 Å². The molecule has 1 aliphatic heterocycles. The van der Waals surface area contributed by atoms with Crippen LogP contribution in [-0.4, -0.2) is 45.6 Å². The van der Waals surface area contributed by atoms with Crippen LogP contribution in [0.5, 0.6) is 5.75 Å². The molecule has 3 aromatic rings. The molecule has 0 aliphatic carbocycles. The Morgan fingerprint density at radius 2 is 2.06 bits per heavy atom. The number of anilines is 4. The molecular weight excluding hydrogens is 447 g/mol. The van der Waals surface area contributed by atoms with Crippen LogP contribution in [0.1, 0.15) is 28.4 Å². The molecule has 33 heavy (non-hydrogen) atoms. The highest BCUT2D eigenvalue weighted by Crippen LogP contribution is 2.36. The molecule has 0 bridgehead atoms. The highest BCUT2D eigenvalue weighted by Gasteiger charge is 2.24. The molecule has 9 heteroatoms. The van der Waals surface area contributed by atoms with Crippen molar-refractivity contribution >= 4 is 40.3 Å². The van der Waals surface area contributed by atoms with Gasteiger partial charge in [-0.1, -0.05) is 30.7 Å². The fourth-order valence-electron chi connectivity index (χ4n) is 3.87. The number of aliphatic hydroxyl groups excluding tert-OH is 1. The van der Waals surface area contributed by atoms with Crippen molar-refractivity contribution in [2.24, 2.45) is 0 Å². The maximum absolute atomic E-state index is 14.4. The van der Waals surface area contributed by atoms with Gasteiger partial charge in [0.25, 0.3) is 0 Å². The van der Waals surface area contributed by atoms with Crippen LogP contribution in [-0.2, 0) is 13.0 Å². The lowest BCUT2D eigenvalue weighted by Crippen LogP contribution is -2.26. The number of benzene rings is 2. The molecule has 4 rings (SSSR count). The van der Waals surface area contributed by atoms with Gasteiger partial charge in [0.2, 0.25) is 0 Å². The van der Waals surface area contributed by atoms with E-state index in [1.165, 1.54) is 12.3 Å². The van der Waals surface area contributed by atoms with Crippen LogP contribution in [0.25, 0.3) is 0 Å². The third-order valence-corrected chi connectivity index (χ3v) is 5.88. The van der Waals surface area contributed by atoms with Crippen molar-refractivity contribution < 1.29 is 19.4 Å². The number of carbonyl (C=O) groups excluding carboxylic acids is 1. The van der Waals surface area contributed by atoms with Crippen molar-refractivity contribution in [1.29, 1.82) is 0 Å². The monoisotopic (exact) mass is 470 g/mol. The van der Waals surface area contributed by atoms with Gasteiger partial charge in [-0.3, -0.25) is 9.69 Å². The largest absolute Gasteiger partial charge is 0.506 e. The minimum absolute atomic E-state index is 0.00862. The molecule has 0 saturated carbocycles. The summed E-state index contributed by atoms with van der Waals surface area (Å²) in [5.41, 5.74) is 3.30. The molecule has 4 N–H and O–H groups in total. The molecule has 0 saturated heterocycles. The fraction of sp³-hybridized carbons (Fsp3) is 0.250. The number of Topliss-reactive ketones (excluding diaryl/α,β-unsaturated/α-hetero) is 1. The molecule has 1 aromatic heterocycles. The summed E-state index contributed by atoms with van der Waals surface area (Å²) in [7, 11) is 0. The summed E-state index contributed by atoms with van der Waals surface area (Å²) in [6.45, 7) is 4.16. The first-order valence-electron chi connectivity index (χ1n) is 10.6. The van der Waals surface area contributed by atoms with Crippen LogP contribution >= 0.6 is 11.6 Å². The van der Waals surface area contributed by atoms with E-state index in [-0.39, 0.29) is 35.3 Å². The number of fused-ring (bicyclic) bond motifs is 2. The maximum Gasteiger partial charge on any atom is 0.173 e. The van der Waals surface area contributed by atoms with Crippen molar-refractivity contribution in [2.75, 3.05) is 30.3 Å². The number of phenols is 1. The number of halogens is 2. The molecule has 2 aromatic carbocycles. The van der Waals surface area contributed by atoms with E-state index in [2.05, 4.69) is 20.5 Å². The number of likely N-dealkylation sites (N-methyl/N-ethyl adjacent to an activating group) is 1. The van der Waals surface area contributed by atoms with Crippen LogP contribution in [0.2, 0.25) is 5.02 Å². The summed E-state index contributed by atoms with van der Waals surface area (Å²) in [5.74, 6) is -0.739. The maximum atomic E-state index is 14.4. The van der Waals surface area contributed by atoms with Gasteiger partial charge in [0.05, 0.1) is 28.6 Å². The summed E-state index contributed by atoms with van der Waals surface area (Å²) in [6.07, 6.45) is 1.66. The molecule has 0 atom stereocenters. The first kappa shape index (κ1) is 23.0. The van der Waals surface area contributed by atoms with Gasteiger partial charge in [0.15, 0.2) is 5.78 Å². The van der Waals surface area contributed by atoms with Gasteiger partial charge in [0.1, 0.15) is 17.4 Å². The number of hydrogen-bond acceptors (Lipinski definition) is 7. The molecule has 0 radical (unpaired) electrons. The van der Waals surface area contributed by atoms with E-state index < -0.39 is 5.82 Å². The number of nitrogens with zero attached hydrogens (tertiary/aromatic N) is 2. The number of phenolic OH excluding ortho intramolecular Hbond substituents is 1. The number of aromatic nitrogens is 1. The lowest BCUT2D eigenvalue weighted by atomic mass is 10.0. The summed E-state index contributed by atoms with van der Waals surface area (Å²) in [5, 5.41) is 25.1. The Kier molecular flexibility index (Phi) is 6.78. The van der Waals surface area contributed by atoms with Crippen LogP contribution in [0.4, 0.5) is 27.3 Å². The van der Waals surface area contributed by atoms with Crippen molar-refractivity contribution in [3.05, 3.63) is 70.1 Å². The number of carbonyl (C=O) groups is 1.